The van der Waals surface area contributed by atoms with Crippen molar-refractivity contribution in [2.45, 2.75) is 92.6 Å². The van der Waals surface area contributed by atoms with Crippen molar-refractivity contribution in [2.75, 3.05) is 0 Å². The molecule has 4 aliphatic rings. The molecule has 4 aliphatic carbocycles. The molecule has 0 aliphatic heterocycles. The molecular formula is C35H48O2. The van der Waals surface area contributed by atoms with E-state index in [1.807, 2.05) is 30.3 Å². The van der Waals surface area contributed by atoms with Crippen molar-refractivity contribution in [2.24, 2.45) is 46.3 Å². The van der Waals surface area contributed by atoms with Crippen molar-refractivity contribution in [1.82, 2.24) is 0 Å². The molecule has 1 aromatic rings. The second-order valence-electron chi connectivity index (χ2n) is 13.6. The first-order chi connectivity index (χ1) is 17.6. The summed E-state index contributed by atoms with van der Waals surface area (Å²) in [6.07, 6.45) is 18.4. The third kappa shape index (κ3) is 4.79. The predicted molar refractivity (Wildman–Crippen MR) is 153 cm³/mol. The highest BCUT2D eigenvalue weighted by Crippen LogP contribution is 2.65. The highest BCUT2D eigenvalue weighted by Gasteiger charge is 2.55. The molecule has 0 unspecified atom stereocenters. The van der Waals surface area contributed by atoms with Gasteiger partial charge in [0.25, 0.3) is 0 Å². The average Bonchev–Trinajstić information content (AvgIpc) is 3.25. The van der Waals surface area contributed by atoms with Crippen molar-refractivity contribution in [3.8, 4) is 0 Å². The van der Waals surface area contributed by atoms with Crippen LogP contribution in [0.15, 0.2) is 65.8 Å². The largest absolute Gasteiger partial charge is 0.459 e. The first-order valence-electron chi connectivity index (χ1n) is 15.0. The summed E-state index contributed by atoms with van der Waals surface area (Å²) >= 11 is 0. The summed E-state index contributed by atoms with van der Waals surface area (Å²) in [5.41, 5.74) is 4.65. The zero-order valence-corrected chi connectivity index (χ0v) is 24.0. The van der Waals surface area contributed by atoms with Gasteiger partial charge >= 0.3 is 5.97 Å². The molecule has 0 N–H and O–H groups in total. The van der Waals surface area contributed by atoms with Crippen LogP contribution < -0.4 is 0 Å². The van der Waals surface area contributed by atoms with Gasteiger partial charge in [-0.05, 0) is 115 Å². The van der Waals surface area contributed by atoms with Gasteiger partial charge in [0.2, 0.25) is 0 Å². The lowest BCUT2D eigenvalue weighted by atomic mass is 9.48. The van der Waals surface area contributed by atoms with E-state index in [1.165, 1.54) is 19.3 Å². The maximum Gasteiger partial charge on any atom is 0.338 e. The lowest BCUT2D eigenvalue weighted by Crippen LogP contribution is -2.48. The number of fused-ring (bicyclic) bond motifs is 5. The number of ether oxygens (including phenoxy) is 1. The molecule has 0 amide bonds. The maximum atomic E-state index is 12.7. The van der Waals surface area contributed by atoms with E-state index in [9.17, 15) is 4.79 Å². The maximum absolute atomic E-state index is 12.7. The van der Waals surface area contributed by atoms with Crippen molar-refractivity contribution in [3.05, 3.63) is 71.3 Å². The first kappa shape index (κ1) is 26.5. The molecule has 8 atom stereocenters. The fraction of sp³-hybridized carbons (Fsp3) is 0.629. The summed E-state index contributed by atoms with van der Waals surface area (Å²) in [6, 6.07) is 9.47. The topological polar surface area (TPSA) is 26.3 Å². The van der Waals surface area contributed by atoms with Gasteiger partial charge in [0.1, 0.15) is 6.10 Å². The van der Waals surface area contributed by atoms with Gasteiger partial charge < -0.3 is 4.74 Å². The van der Waals surface area contributed by atoms with Crippen LogP contribution in [0.1, 0.15) is 96.8 Å². The van der Waals surface area contributed by atoms with Crippen LogP contribution in [-0.2, 0) is 4.74 Å². The first-order valence-corrected chi connectivity index (χ1v) is 15.0. The molecule has 0 spiro atoms. The number of rotatable bonds is 6. The molecule has 0 aromatic heterocycles. The molecule has 1 aromatic carbocycles. The second-order valence-corrected chi connectivity index (χ2v) is 13.6. The Morgan fingerprint density at radius 2 is 1.73 bits per heavy atom. The van der Waals surface area contributed by atoms with E-state index in [0.29, 0.717) is 51.9 Å². The van der Waals surface area contributed by atoms with Crippen LogP contribution in [0.5, 0.6) is 0 Å². The molecular weight excluding hydrogens is 452 g/mol. The van der Waals surface area contributed by atoms with Crippen LogP contribution in [0.4, 0.5) is 0 Å². The smallest absolute Gasteiger partial charge is 0.338 e. The van der Waals surface area contributed by atoms with E-state index in [2.05, 4.69) is 65.8 Å². The Bertz CT molecular complexity index is 1080. The van der Waals surface area contributed by atoms with E-state index in [4.69, 9.17) is 4.74 Å². The van der Waals surface area contributed by atoms with Gasteiger partial charge in [-0.15, -0.1) is 0 Å². The van der Waals surface area contributed by atoms with Crippen LogP contribution in [0.25, 0.3) is 0 Å². The lowest BCUT2D eigenvalue weighted by molar-refractivity contribution is -0.0405. The predicted octanol–water partition coefficient (Wildman–Crippen LogP) is 9.20. The van der Waals surface area contributed by atoms with E-state index >= 15 is 0 Å². The van der Waals surface area contributed by atoms with Crippen LogP contribution in [0.2, 0.25) is 0 Å². The van der Waals surface area contributed by atoms with Crippen LogP contribution >= 0.6 is 0 Å². The molecule has 2 fully saturated rings. The number of esters is 1. The zero-order chi connectivity index (χ0) is 26.4. The van der Waals surface area contributed by atoms with Gasteiger partial charge in [-0.1, -0.05) is 84.0 Å². The van der Waals surface area contributed by atoms with Gasteiger partial charge in [0, 0.05) is 0 Å². The zero-order valence-electron chi connectivity index (χ0n) is 24.0. The normalized spacial score (nSPS) is 36.7. The van der Waals surface area contributed by atoms with Crippen molar-refractivity contribution in [1.29, 1.82) is 0 Å². The molecule has 0 bridgehead atoms. The minimum absolute atomic E-state index is 0.0468. The summed E-state index contributed by atoms with van der Waals surface area (Å²) < 4.78 is 6.01. The summed E-state index contributed by atoms with van der Waals surface area (Å²) in [5.74, 6) is 3.75. The highest BCUT2D eigenvalue weighted by atomic mass is 16.5. The summed E-state index contributed by atoms with van der Waals surface area (Å²) in [6.45, 7) is 14.6. The fourth-order valence-electron chi connectivity index (χ4n) is 8.31. The quantitative estimate of drug-likeness (QED) is 0.287. The number of allylic oxidation sites excluding steroid dienone is 6. The lowest BCUT2D eigenvalue weighted by Gasteiger charge is -2.56. The third-order valence-corrected chi connectivity index (χ3v) is 11.2. The number of benzene rings is 1. The Morgan fingerprint density at radius 3 is 2.46 bits per heavy atom. The molecule has 200 valence electrons. The Morgan fingerprint density at radius 1 is 0.973 bits per heavy atom. The Hall–Kier alpha value is -2.09. The van der Waals surface area contributed by atoms with E-state index < -0.39 is 0 Å². The highest BCUT2D eigenvalue weighted by molar-refractivity contribution is 5.89. The molecule has 2 heteroatoms. The van der Waals surface area contributed by atoms with Gasteiger partial charge in [0.15, 0.2) is 0 Å². The van der Waals surface area contributed by atoms with E-state index in [1.54, 1.807) is 11.1 Å². The molecule has 0 heterocycles. The number of carbonyl (C=O) groups excluding carboxylic acids is 1. The van der Waals surface area contributed by atoms with Crippen LogP contribution in [-0.4, -0.2) is 12.1 Å². The molecule has 2 nitrogen and oxygen atoms in total. The SMILES string of the molecule is CC(C)[C@@H](C)/C=C/[C@@H](C)[C@@H]1CC=C2C3=CC[C@H]4C[C@H](OC(=O)c5ccccc5)CC[C@]4(C)[C@@H]3CC[C@]21C. The Balaban J connectivity index is 1.29. The summed E-state index contributed by atoms with van der Waals surface area (Å²) in [7, 11) is 0. The van der Waals surface area contributed by atoms with E-state index in [0.717, 1.165) is 25.7 Å². The van der Waals surface area contributed by atoms with E-state index in [-0.39, 0.29) is 12.1 Å². The van der Waals surface area contributed by atoms with Crippen molar-refractivity contribution in [3.63, 3.8) is 0 Å². The number of carbonyl (C=O) groups is 1. The Kier molecular flexibility index (Phi) is 7.33. The van der Waals surface area contributed by atoms with Crippen molar-refractivity contribution >= 4 is 5.97 Å². The van der Waals surface area contributed by atoms with Crippen LogP contribution in [0, 0.1) is 46.3 Å². The molecule has 2 saturated carbocycles. The Labute approximate surface area is 225 Å². The standard InChI is InChI=1S/C35H48O2/c1-23(2)24(3)12-13-25(4)30-16-17-31-29-15-14-27-22-28(37-33(36)26-10-8-7-9-11-26)18-20-34(27,5)32(29)19-21-35(30,31)6/h7-13,15,17,23-25,27-28,30,32H,14,16,18-22H2,1-6H3/b13-12+/t24-,25+,27-,28+,30-,32+,34-,35-/m0/s1. The van der Waals surface area contributed by atoms with Crippen LogP contribution in [0.3, 0.4) is 0 Å². The summed E-state index contributed by atoms with van der Waals surface area (Å²) in [5, 5.41) is 0. The van der Waals surface area contributed by atoms with Gasteiger partial charge in [0.05, 0.1) is 5.56 Å². The van der Waals surface area contributed by atoms with Gasteiger partial charge in [-0.25, -0.2) is 4.79 Å². The molecule has 0 saturated heterocycles. The average molecular weight is 501 g/mol. The summed E-state index contributed by atoms with van der Waals surface area (Å²) in [4.78, 5) is 12.7. The minimum atomic E-state index is -0.164. The number of hydrogen-bond acceptors (Lipinski definition) is 2. The molecule has 0 radical (unpaired) electrons. The van der Waals surface area contributed by atoms with Gasteiger partial charge in [-0.2, -0.15) is 0 Å². The molecule has 5 rings (SSSR count). The fourth-order valence-corrected chi connectivity index (χ4v) is 8.31. The monoisotopic (exact) mass is 500 g/mol. The minimum Gasteiger partial charge on any atom is -0.459 e. The second kappa shape index (κ2) is 10.2. The number of hydrogen-bond donors (Lipinski definition) is 0. The third-order valence-electron chi connectivity index (χ3n) is 11.2. The van der Waals surface area contributed by atoms with Crippen molar-refractivity contribution < 1.29 is 9.53 Å². The molecule has 37 heavy (non-hydrogen) atoms. The van der Waals surface area contributed by atoms with Gasteiger partial charge in [-0.3, -0.25) is 0 Å².